The largest absolute Gasteiger partial charge is 0.257 e. The number of rotatable bonds is 2. The van der Waals surface area contributed by atoms with E-state index in [0.717, 1.165) is 11.4 Å². The molecule has 0 aliphatic heterocycles. The van der Waals surface area contributed by atoms with Crippen molar-refractivity contribution in [2.75, 3.05) is 0 Å². The second kappa shape index (κ2) is 2.78. The maximum atomic E-state index is 5.70. The van der Waals surface area contributed by atoms with E-state index < -0.39 is 0 Å². The van der Waals surface area contributed by atoms with Gasteiger partial charge >= 0.3 is 0 Å². The minimum atomic E-state index is 0.486. The topological polar surface area (TPSA) is 25.8 Å². The van der Waals surface area contributed by atoms with Crippen LogP contribution in [0.5, 0.6) is 0 Å². The molecule has 1 aliphatic carbocycles. The molecule has 2 nitrogen and oxygen atoms in total. The average molecular weight is 169 g/mol. The fourth-order valence-corrected chi connectivity index (χ4v) is 1.38. The lowest BCUT2D eigenvalue weighted by Gasteiger charge is -2.00. The highest BCUT2D eigenvalue weighted by molar-refractivity contribution is 6.16. The summed E-state index contributed by atoms with van der Waals surface area (Å²) in [6.07, 6.45) is 5.94. The van der Waals surface area contributed by atoms with Gasteiger partial charge in [-0.3, -0.25) is 9.97 Å². The van der Waals surface area contributed by atoms with E-state index in [9.17, 15) is 0 Å². The minimum Gasteiger partial charge on any atom is -0.257 e. The van der Waals surface area contributed by atoms with E-state index in [1.807, 2.05) is 0 Å². The van der Waals surface area contributed by atoms with E-state index in [1.54, 1.807) is 12.4 Å². The van der Waals surface area contributed by atoms with Crippen LogP contribution < -0.4 is 0 Å². The van der Waals surface area contributed by atoms with E-state index in [-0.39, 0.29) is 0 Å². The molecule has 11 heavy (non-hydrogen) atoms. The summed E-state index contributed by atoms with van der Waals surface area (Å²) in [5, 5.41) is 0. The molecule has 0 atom stereocenters. The Labute approximate surface area is 70.6 Å². The van der Waals surface area contributed by atoms with E-state index in [0.29, 0.717) is 11.8 Å². The lowest BCUT2D eigenvalue weighted by Crippen LogP contribution is -1.95. The van der Waals surface area contributed by atoms with Crippen LogP contribution >= 0.6 is 11.6 Å². The first kappa shape index (κ1) is 7.04. The van der Waals surface area contributed by atoms with Crippen LogP contribution in [-0.2, 0) is 5.88 Å². The molecule has 2 rings (SSSR count). The molecule has 1 heterocycles. The normalized spacial score (nSPS) is 16.8. The Morgan fingerprint density at radius 1 is 1.36 bits per heavy atom. The number of alkyl halides is 1. The fraction of sp³-hybridized carbons (Fsp3) is 0.500. The third-order valence-electron chi connectivity index (χ3n) is 1.90. The average Bonchev–Trinajstić information content (AvgIpc) is 2.87. The van der Waals surface area contributed by atoms with Crippen LogP contribution in [0.3, 0.4) is 0 Å². The molecule has 1 aliphatic rings. The number of hydrogen-bond donors (Lipinski definition) is 0. The van der Waals surface area contributed by atoms with Gasteiger partial charge in [-0.2, -0.15) is 0 Å². The van der Waals surface area contributed by atoms with Crippen molar-refractivity contribution < 1.29 is 0 Å². The Morgan fingerprint density at radius 2 is 2.09 bits per heavy atom. The molecule has 0 N–H and O–H groups in total. The van der Waals surface area contributed by atoms with Gasteiger partial charge in [0.1, 0.15) is 0 Å². The molecule has 0 radical (unpaired) electrons. The van der Waals surface area contributed by atoms with Crippen molar-refractivity contribution in [1.82, 2.24) is 9.97 Å². The molecule has 3 heteroatoms. The quantitative estimate of drug-likeness (QED) is 0.632. The maximum absolute atomic E-state index is 5.70. The zero-order valence-corrected chi connectivity index (χ0v) is 6.88. The lowest BCUT2D eigenvalue weighted by atomic mass is 10.2. The van der Waals surface area contributed by atoms with Crippen LogP contribution in [0.15, 0.2) is 12.4 Å². The van der Waals surface area contributed by atoms with Gasteiger partial charge in [-0.25, -0.2) is 0 Å². The van der Waals surface area contributed by atoms with E-state index >= 15 is 0 Å². The van der Waals surface area contributed by atoms with E-state index in [2.05, 4.69) is 9.97 Å². The van der Waals surface area contributed by atoms with Crippen molar-refractivity contribution in [2.24, 2.45) is 0 Å². The molecule has 1 aromatic rings. The molecular formula is C8H9ClN2. The van der Waals surface area contributed by atoms with Gasteiger partial charge < -0.3 is 0 Å². The molecule has 0 unspecified atom stereocenters. The second-order valence-corrected chi connectivity index (χ2v) is 3.06. The molecule has 1 saturated carbocycles. The first-order valence-corrected chi connectivity index (χ1v) is 4.31. The Hall–Kier alpha value is -0.630. The summed E-state index contributed by atoms with van der Waals surface area (Å²) in [5.74, 6) is 1.14. The third kappa shape index (κ3) is 1.36. The van der Waals surface area contributed by atoms with Crippen molar-refractivity contribution in [1.29, 1.82) is 0 Å². The Morgan fingerprint density at radius 3 is 2.73 bits per heavy atom. The van der Waals surface area contributed by atoms with Crippen LogP contribution in [0.1, 0.15) is 30.1 Å². The van der Waals surface area contributed by atoms with Gasteiger partial charge in [-0.15, -0.1) is 11.6 Å². The van der Waals surface area contributed by atoms with Crippen molar-refractivity contribution in [3.05, 3.63) is 23.8 Å². The molecular weight excluding hydrogens is 160 g/mol. The van der Waals surface area contributed by atoms with Gasteiger partial charge in [0.2, 0.25) is 0 Å². The predicted molar refractivity (Wildman–Crippen MR) is 43.6 cm³/mol. The summed E-state index contributed by atoms with van der Waals surface area (Å²) in [7, 11) is 0. The van der Waals surface area contributed by atoms with Gasteiger partial charge in [0.25, 0.3) is 0 Å². The van der Waals surface area contributed by atoms with Crippen molar-refractivity contribution in [3.8, 4) is 0 Å². The van der Waals surface area contributed by atoms with Crippen LogP contribution in [0.25, 0.3) is 0 Å². The second-order valence-electron chi connectivity index (χ2n) is 2.80. The highest BCUT2D eigenvalue weighted by atomic mass is 35.5. The lowest BCUT2D eigenvalue weighted by molar-refractivity contribution is 0.937. The van der Waals surface area contributed by atoms with Crippen molar-refractivity contribution >= 4 is 11.6 Å². The molecule has 0 bridgehead atoms. The summed E-state index contributed by atoms with van der Waals surface area (Å²) in [6.45, 7) is 0. The molecule has 1 aromatic heterocycles. The molecule has 0 saturated heterocycles. The van der Waals surface area contributed by atoms with Gasteiger partial charge in [-0.05, 0) is 12.8 Å². The zero-order chi connectivity index (χ0) is 7.68. The monoisotopic (exact) mass is 168 g/mol. The number of aromatic nitrogens is 2. The van der Waals surface area contributed by atoms with Crippen LogP contribution in [0, 0.1) is 0 Å². The minimum absolute atomic E-state index is 0.486. The van der Waals surface area contributed by atoms with Gasteiger partial charge in [-0.1, -0.05) is 0 Å². The standard InChI is InChI=1S/C8H9ClN2/c9-5-7-8(6-1-2-6)11-4-3-10-7/h3-4,6H,1-2,5H2. The first-order valence-electron chi connectivity index (χ1n) is 3.77. The first-order chi connectivity index (χ1) is 5.42. The van der Waals surface area contributed by atoms with Crippen molar-refractivity contribution in [3.63, 3.8) is 0 Å². The summed E-state index contributed by atoms with van der Waals surface area (Å²) >= 11 is 5.70. The Bertz CT molecular complexity index is 258. The summed E-state index contributed by atoms with van der Waals surface area (Å²) in [6, 6.07) is 0. The number of nitrogens with zero attached hydrogens (tertiary/aromatic N) is 2. The van der Waals surface area contributed by atoms with Gasteiger partial charge in [0.15, 0.2) is 0 Å². The number of hydrogen-bond acceptors (Lipinski definition) is 2. The fourth-order valence-electron chi connectivity index (χ4n) is 1.18. The van der Waals surface area contributed by atoms with E-state index in [1.165, 1.54) is 12.8 Å². The highest BCUT2D eigenvalue weighted by Gasteiger charge is 2.27. The Kier molecular flexibility index (Phi) is 1.78. The summed E-state index contributed by atoms with van der Waals surface area (Å²) in [5.41, 5.74) is 2.07. The molecule has 0 spiro atoms. The molecule has 0 aromatic carbocycles. The SMILES string of the molecule is ClCc1nccnc1C1CC1. The molecule has 1 fully saturated rings. The predicted octanol–water partition coefficient (Wildman–Crippen LogP) is 2.09. The smallest absolute Gasteiger partial charge is 0.0769 e. The molecule has 0 amide bonds. The maximum Gasteiger partial charge on any atom is 0.0769 e. The van der Waals surface area contributed by atoms with Gasteiger partial charge in [0, 0.05) is 18.3 Å². The Balaban J connectivity index is 2.34. The van der Waals surface area contributed by atoms with Crippen LogP contribution in [0.4, 0.5) is 0 Å². The molecule has 58 valence electrons. The third-order valence-corrected chi connectivity index (χ3v) is 2.15. The van der Waals surface area contributed by atoms with E-state index in [4.69, 9.17) is 11.6 Å². The van der Waals surface area contributed by atoms with Crippen molar-refractivity contribution in [2.45, 2.75) is 24.6 Å². The summed E-state index contributed by atoms with van der Waals surface area (Å²) in [4.78, 5) is 8.43. The van der Waals surface area contributed by atoms with Crippen LogP contribution in [0.2, 0.25) is 0 Å². The van der Waals surface area contributed by atoms with Crippen LogP contribution in [-0.4, -0.2) is 9.97 Å². The summed E-state index contributed by atoms with van der Waals surface area (Å²) < 4.78 is 0. The number of halogens is 1. The highest BCUT2D eigenvalue weighted by Crippen LogP contribution is 2.40. The van der Waals surface area contributed by atoms with Gasteiger partial charge in [0.05, 0.1) is 17.3 Å². The zero-order valence-electron chi connectivity index (χ0n) is 6.13.